The molecule has 0 atom stereocenters. The molecule has 0 radical (unpaired) electrons. The summed E-state index contributed by atoms with van der Waals surface area (Å²) < 4.78 is 9.86. The van der Waals surface area contributed by atoms with Crippen molar-refractivity contribution in [3.8, 4) is 17.1 Å². The standard InChI is InChI=1S/C18H20N4OS2/c1-20-17(13-3-5-15(23-2)6-4-13)19-22(18(20)24)12-21-9-7-16-14(11-21)8-10-25-16/h3-6,8,10H,7,9,11-12H2,1-2H3. The van der Waals surface area contributed by atoms with Crippen LogP contribution in [0.4, 0.5) is 0 Å². The molecule has 0 fully saturated rings. The summed E-state index contributed by atoms with van der Waals surface area (Å²) in [6.45, 7) is 2.73. The minimum Gasteiger partial charge on any atom is -0.497 e. The van der Waals surface area contributed by atoms with Crippen LogP contribution in [0.5, 0.6) is 5.75 Å². The number of aromatic nitrogens is 3. The SMILES string of the molecule is COc1ccc(-c2nn(CN3CCc4sccc4C3)c(=S)n2C)cc1. The summed E-state index contributed by atoms with van der Waals surface area (Å²) in [4.78, 5) is 3.91. The van der Waals surface area contributed by atoms with Crippen molar-refractivity contribution in [2.24, 2.45) is 7.05 Å². The van der Waals surface area contributed by atoms with Crippen molar-refractivity contribution in [2.45, 2.75) is 19.6 Å². The molecule has 0 N–H and O–H groups in total. The van der Waals surface area contributed by atoms with Gasteiger partial charge < -0.3 is 9.30 Å². The molecule has 0 amide bonds. The number of fused-ring (bicyclic) bond motifs is 1. The molecular formula is C18H20N4OS2. The van der Waals surface area contributed by atoms with E-state index in [1.54, 1.807) is 7.11 Å². The van der Waals surface area contributed by atoms with E-state index in [-0.39, 0.29) is 0 Å². The molecule has 0 saturated heterocycles. The van der Waals surface area contributed by atoms with Gasteiger partial charge in [0.15, 0.2) is 10.6 Å². The topological polar surface area (TPSA) is 35.2 Å². The lowest BCUT2D eigenvalue weighted by Crippen LogP contribution is -2.32. The zero-order chi connectivity index (χ0) is 17.4. The van der Waals surface area contributed by atoms with Gasteiger partial charge in [-0.25, -0.2) is 4.68 Å². The lowest BCUT2D eigenvalue weighted by atomic mass is 10.1. The van der Waals surface area contributed by atoms with E-state index in [1.165, 1.54) is 10.4 Å². The molecule has 0 unspecified atom stereocenters. The minimum atomic E-state index is 0.720. The Hall–Kier alpha value is -1.96. The van der Waals surface area contributed by atoms with E-state index < -0.39 is 0 Å². The average Bonchev–Trinajstić information content (AvgIpc) is 3.21. The molecule has 4 rings (SSSR count). The fraction of sp³-hybridized carbons (Fsp3) is 0.333. The largest absolute Gasteiger partial charge is 0.497 e. The van der Waals surface area contributed by atoms with Crippen LogP contribution >= 0.6 is 23.6 Å². The summed E-state index contributed by atoms with van der Waals surface area (Å²) in [6, 6.07) is 10.1. The van der Waals surface area contributed by atoms with Crippen molar-refractivity contribution >= 4 is 23.6 Å². The Bertz CT molecular complexity index is 939. The van der Waals surface area contributed by atoms with E-state index in [0.29, 0.717) is 0 Å². The van der Waals surface area contributed by atoms with Gasteiger partial charge in [0.05, 0.1) is 13.8 Å². The van der Waals surface area contributed by atoms with Crippen LogP contribution in [0, 0.1) is 4.77 Å². The molecule has 3 heterocycles. The third kappa shape index (κ3) is 3.15. The van der Waals surface area contributed by atoms with Crippen molar-refractivity contribution in [1.29, 1.82) is 0 Å². The van der Waals surface area contributed by atoms with Crippen LogP contribution in [0.15, 0.2) is 35.7 Å². The van der Waals surface area contributed by atoms with Crippen molar-refractivity contribution in [3.63, 3.8) is 0 Å². The summed E-state index contributed by atoms with van der Waals surface area (Å²) in [5.41, 5.74) is 2.47. The fourth-order valence-electron chi connectivity index (χ4n) is 3.19. The third-order valence-corrected chi connectivity index (χ3v) is 6.12. The molecule has 2 aromatic heterocycles. The van der Waals surface area contributed by atoms with Gasteiger partial charge in [0.25, 0.3) is 0 Å². The lowest BCUT2D eigenvalue weighted by molar-refractivity contribution is 0.189. The Kier molecular flexibility index (Phi) is 4.45. The highest BCUT2D eigenvalue weighted by Gasteiger charge is 2.19. The number of hydrogen-bond acceptors (Lipinski definition) is 5. The highest BCUT2D eigenvalue weighted by molar-refractivity contribution is 7.71. The molecule has 0 saturated carbocycles. The second-order valence-corrected chi connectivity index (χ2v) is 7.57. The van der Waals surface area contributed by atoms with Crippen LogP contribution in [0.2, 0.25) is 0 Å². The summed E-state index contributed by atoms with van der Waals surface area (Å²) in [5.74, 6) is 1.71. The zero-order valence-electron chi connectivity index (χ0n) is 14.3. The Labute approximate surface area is 156 Å². The van der Waals surface area contributed by atoms with E-state index in [1.807, 2.05) is 51.9 Å². The molecule has 25 heavy (non-hydrogen) atoms. The molecular weight excluding hydrogens is 352 g/mol. The first-order chi connectivity index (χ1) is 12.2. The van der Waals surface area contributed by atoms with Gasteiger partial charge in [-0.15, -0.1) is 11.3 Å². The Morgan fingerprint density at radius 1 is 1.24 bits per heavy atom. The molecule has 5 nitrogen and oxygen atoms in total. The molecule has 1 aliphatic rings. The fourth-order valence-corrected chi connectivity index (χ4v) is 4.26. The lowest BCUT2D eigenvalue weighted by Gasteiger charge is -2.26. The van der Waals surface area contributed by atoms with Crippen LogP contribution in [-0.4, -0.2) is 32.9 Å². The summed E-state index contributed by atoms with van der Waals surface area (Å²) in [5, 5.41) is 6.95. The number of rotatable bonds is 4. The highest BCUT2D eigenvalue weighted by Crippen LogP contribution is 2.25. The van der Waals surface area contributed by atoms with Crippen LogP contribution in [0.3, 0.4) is 0 Å². The first-order valence-electron chi connectivity index (χ1n) is 8.21. The second kappa shape index (κ2) is 6.74. The number of hydrogen-bond donors (Lipinski definition) is 0. The van der Waals surface area contributed by atoms with Gasteiger partial charge in [0, 0.05) is 30.6 Å². The van der Waals surface area contributed by atoms with Crippen molar-refractivity contribution in [2.75, 3.05) is 13.7 Å². The maximum absolute atomic E-state index is 5.61. The van der Waals surface area contributed by atoms with E-state index in [2.05, 4.69) is 16.3 Å². The van der Waals surface area contributed by atoms with Gasteiger partial charge in [0.1, 0.15) is 5.75 Å². The van der Waals surface area contributed by atoms with Crippen LogP contribution in [0.25, 0.3) is 11.4 Å². The van der Waals surface area contributed by atoms with Crippen molar-refractivity contribution < 1.29 is 4.74 Å². The first-order valence-corrected chi connectivity index (χ1v) is 9.50. The molecule has 0 bridgehead atoms. The first kappa shape index (κ1) is 16.5. The van der Waals surface area contributed by atoms with Gasteiger partial charge in [-0.05, 0) is 59.9 Å². The average molecular weight is 373 g/mol. The maximum atomic E-state index is 5.61. The predicted molar refractivity (Wildman–Crippen MR) is 102 cm³/mol. The molecule has 0 aliphatic carbocycles. The second-order valence-electron chi connectivity index (χ2n) is 6.21. The van der Waals surface area contributed by atoms with Gasteiger partial charge in [-0.2, -0.15) is 5.10 Å². The van der Waals surface area contributed by atoms with Crippen LogP contribution in [0.1, 0.15) is 10.4 Å². The Morgan fingerprint density at radius 2 is 2.04 bits per heavy atom. The normalized spacial score (nSPS) is 14.5. The highest BCUT2D eigenvalue weighted by atomic mass is 32.1. The van der Waals surface area contributed by atoms with Gasteiger partial charge >= 0.3 is 0 Å². The van der Waals surface area contributed by atoms with Gasteiger partial charge in [-0.3, -0.25) is 4.90 Å². The molecule has 1 aliphatic heterocycles. The quantitative estimate of drug-likeness (QED) is 0.654. The van der Waals surface area contributed by atoms with E-state index in [4.69, 9.17) is 22.1 Å². The summed E-state index contributed by atoms with van der Waals surface area (Å²) >= 11 is 7.47. The van der Waals surface area contributed by atoms with Crippen molar-refractivity contribution in [3.05, 3.63) is 50.9 Å². The number of ether oxygens (including phenoxy) is 1. The Morgan fingerprint density at radius 3 is 2.80 bits per heavy atom. The van der Waals surface area contributed by atoms with E-state index in [9.17, 15) is 0 Å². The van der Waals surface area contributed by atoms with Gasteiger partial charge in [-0.1, -0.05) is 0 Å². The molecule has 7 heteroatoms. The zero-order valence-corrected chi connectivity index (χ0v) is 15.9. The number of thiophene rings is 1. The Balaban J connectivity index is 1.58. The molecule has 1 aromatic carbocycles. The van der Waals surface area contributed by atoms with E-state index >= 15 is 0 Å². The molecule has 130 valence electrons. The monoisotopic (exact) mass is 372 g/mol. The molecule has 0 spiro atoms. The maximum Gasteiger partial charge on any atom is 0.199 e. The molecule has 3 aromatic rings. The van der Waals surface area contributed by atoms with Crippen LogP contribution < -0.4 is 4.74 Å². The minimum absolute atomic E-state index is 0.720. The van der Waals surface area contributed by atoms with Crippen molar-refractivity contribution in [1.82, 2.24) is 19.2 Å². The summed E-state index contributed by atoms with van der Waals surface area (Å²) in [7, 11) is 3.64. The summed E-state index contributed by atoms with van der Waals surface area (Å²) in [6.07, 6.45) is 1.11. The third-order valence-electron chi connectivity index (χ3n) is 4.61. The number of methoxy groups -OCH3 is 1. The van der Waals surface area contributed by atoms with Gasteiger partial charge in [0.2, 0.25) is 0 Å². The van der Waals surface area contributed by atoms with Crippen LogP contribution in [-0.2, 0) is 26.7 Å². The predicted octanol–water partition coefficient (Wildman–Crippen LogP) is 3.70. The smallest absolute Gasteiger partial charge is 0.199 e. The number of nitrogens with zero attached hydrogens (tertiary/aromatic N) is 4. The number of benzene rings is 1. The van der Waals surface area contributed by atoms with E-state index in [0.717, 1.165) is 48.1 Å².